The number of halogens is 4. The van der Waals surface area contributed by atoms with Gasteiger partial charge in [0.25, 0.3) is 0 Å². The van der Waals surface area contributed by atoms with Crippen molar-refractivity contribution in [1.29, 1.82) is 0 Å². The second-order valence-electron chi connectivity index (χ2n) is 4.42. The first-order chi connectivity index (χ1) is 9.29. The van der Waals surface area contributed by atoms with Crippen LogP contribution >= 0.6 is 15.9 Å². The van der Waals surface area contributed by atoms with Crippen molar-refractivity contribution in [3.05, 3.63) is 28.2 Å². The number of anilines is 1. The number of rotatable bonds is 1. The molecular formula is C12H12BrF3N2O2. The number of hydrogen-bond acceptors (Lipinski definition) is 2. The Balaban J connectivity index is 2.13. The van der Waals surface area contributed by atoms with Gasteiger partial charge in [-0.3, -0.25) is 0 Å². The van der Waals surface area contributed by atoms with E-state index in [1.807, 2.05) is 4.90 Å². The van der Waals surface area contributed by atoms with Crippen molar-refractivity contribution in [2.24, 2.45) is 0 Å². The molecule has 0 bridgehead atoms. The average molecular weight is 353 g/mol. The highest BCUT2D eigenvalue weighted by Gasteiger charge is 2.31. The highest BCUT2D eigenvalue weighted by Crippen LogP contribution is 2.35. The fourth-order valence-electron chi connectivity index (χ4n) is 2.08. The molecule has 1 fully saturated rings. The van der Waals surface area contributed by atoms with Crippen LogP contribution in [0.25, 0.3) is 0 Å². The summed E-state index contributed by atoms with van der Waals surface area (Å²) >= 11 is 3.15. The Labute approximate surface area is 121 Å². The number of carboxylic acid groups (broad SMARTS) is 1. The van der Waals surface area contributed by atoms with Crippen molar-refractivity contribution in [2.45, 2.75) is 6.18 Å². The lowest BCUT2D eigenvalue weighted by Crippen LogP contribution is -2.48. The number of alkyl halides is 3. The van der Waals surface area contributed by atoms with Gasteiger partial charge < -0.3 is 14.9 Å². The van der Waals surface area contributed by atoms with Crippen molar-refractivity contribution in [2.75, 3.05) is 31.1 Å². The summed E-state index contributed by atoms with van der Waals surface area (Å²) in [6.07, 6.45) is -5.35. The van der Waals surface area contributed by atoms with E-state index >= 15 is 0 Å². The molecule has 110 valence electrons. The van der Waals surface area contributed by atoms with Crippen LogP contribution in [0.1, 0.15) is 5.56 Å². The number of nitrogens with zero attached hydrogens (tertiary/aromatic N) is 2. The second-order valence-corrected chi connectivity index (χ2v) is 5.27. The van der Waals surface area contributed by atoms with Gasteiger partial charge in [-0.15, -0.1) is 0 Å². The molecule has 0 unspecified atom stereocenters. The number of amides is 1. The third-order valence-corrected chi connectivity index (χ3v) is 3.80. The predicted molar refractivity (Wildman–Crippen MR) is 71.0 cm³/mol. The minimum atomic E-state index is -4.37. The third kappa shape index (κ3) is 3.17. The molecule has 20 heavy (non-hydrogen) atoms. The van der Waals surface area contributed by atoms with Gasteiger partial charge in [0.1, 0.15) is 0 Å². The molecule has 1 aliphatic heterocycles. The number of carbonyl (C=O) groups is 1. The lowest BCUT2D eigenvalue weighted by molar-refractivity contribution is -0.137. The molecule has 1 aromatic rings. The van der Waals surface area contributed by atoms with Gasteiger partial charge in [-0.1, -0.05) is 0 Å². The maximum atomic E-state index is 12.6. The Bertz CT molecular complexity index is 514. The van der Waals surface area contributed by atoms with Crippen LogP contribution in [0.4, 0.5) is 23.7 Å². The van der Waals surface area contributed by atoms with Crippen molar-refractivity contribution in [1.82, 2.24) is 4.90 Å². The summed E-state index contributed by atoms with van der Waals surface area (Å²) in [6, 6.07) is 3.48. The van der Waals surface area contributed by atoms with E-state index in [-0.39, 0.29) is 0 Å². The van der Waals surface area contributed by atoms with Crippen molar-refractivity contribution >= 4 is 27.7 Å². The van der Waals surface area contributed by atoms with Crippen molar-refractivity contribution < 1.29 is 23.1 Å². The van der Waals surface area contributed by atoms with Crippen LogP contribution in [0.15, 0.2) is 22.7 Å². The Morgan fingerprint density at radius 3 is 2.25 bits per heavy atom. The molecule has 0 saturated carbocycles. The summed E-state index contributed by atoms with van der Waals surface area (Å²) in [5.41, 5.74) is -0.0691. The van der Waals surface area contributed by atoms with Crippen molar-refractivity contribution in [3.8, 4) is 0 Å². The van der Waals surface area contributed by atoms with E-state index in [0.29, 0.717) is 36.3 Å². The van der Waals surface area contributed by atoms with E-state index < -0.39 is 17.8 Å². The van der Waals surface area contributed by atoms with E-state index in [2.05, 4.69) is 15.9 Å². The van der Waals surface area contributed by atoms with E-state index in [9.17, 15) is 18.0 Å². The maximum absolute atomic E-state index is 12.6. The molecule has 4 nitrogen and oxygen atoms in total. The van der Waals surface area contributed by atoms with E-state index in [1.54, 1.807) is 0 Å². The molecule has 1 heterocycles. The molecule has 1 amide bonds. The molecule has 0 aromatic heterocycles. The Morgan fingerprint density at radius 1 is 1.20 bits per heavy atom. The summed E-state index contributed by atoms with van der Waals surface area (Å²) in [5, 5.41) is 8.85. The van der Waals surface area contributed by atoms with Crippen LogP contribution in [-0.4, -0.2) is 42.3 Å². The number of benzene rings is 1. The lowest BCUT2D eigenvalue weighted by atomic mass is 10.1. The SMILES string of the molecule is O=C(O)N1CCN(c2ccc(C(F)(F)F)cc2Br)CC1. The Morgan fingerprint density at radius 2 is 1.80 bits per heavy atom. The molecule has 8 heteroatoms. The molecule has 1 aliphatic rings. The molecule has 2 rings (SSSR count). The molecule has 1 aromatic carbocycles. The average Bonchev–Trinajstić information content (AvgIpc) is 2.37. The number of piperazine rings is 1. The van der Waals surface area contributed by atoms with E-state index in [1.165, 1.54) is 11.0 Å². The Hall–Kier alpha value is -1.44. The Kier molecular flexibility index (Phi) is 4.12. The van der Waals surface area contributed by atoms with Crippen LogP contribution < -0.4 is 4.90 Å². The van der Waals surface area contributed by atoms with Crippen molar-refractivity contribution in [3.63, 3.8) is 0 Å². The molecule has 0 radical (unpaired) electrons. The molecule has 1 saturated heterocycles. The fraction of sp³-hybridized carbons (Fsp3) is 0.417. The van der Waals surface area contributed by atoms with Gasteiger partial charge >= 0.3 is 12.3 Å². The lowest BCUT2D eigenvalue weighted by Gasteiger charge is -2.35. The topological polar surface area (TPSA) is 43.8 Å². The molecular weight excluding hydrogens is 341 g/mol. The quantitative estimate of drug-likeness (QED) is 0.843. The second kappa shape index (κ2) is 5.51. The summed E-state index contributed by atoms with van der Waals surface area (Å²) in [7, 11) is 0. The monoisotopic (exact) mass is 352 g/mol. The van der Waals surface area contributed by atoms with Gasteiger partial charge in [0.05, 0.1) is 11.3 Å². The molecule has 0 aliphatic carbocycles. The molecule has 0 atom stereocenters. The summed E-state index contributed by atoms with van der Waals surface area (Å²) in [6.45, 7) is 1.58. The highest BCUT2D eigenvalue weighted by atomic mass is 79.9. The van der Waals surface area contributed by atoms with Gasteiger partial charge in [-0.2, -0.15) is 13.2 Å². The van der Waals surface area contributed by atoms with Gasteiger partial charge in [0.2, 0.25) is 0 Å². The first-order valence-corrected chi connectivity index (χ1v) is 6.68. The van der Waals surface area contributed by atoms with Crippen LogP contribution in [0.5, 0.6) is 0 Å². The zero-order chi connectivity index (χ0) is 14.9. The van der Waals surface area contributed by atoms with E-state index in [0.717, 1.165) is 12.1 Å². The van der Waals surface area contributed by atoms with Crippen LogP contribution in [-0.2, 0) is 6.18 Å². The van der Waals surface area contributed by atoms with Gasteiger partial charge in [0.15, 0.2) is 0 Å². The maximum Gasteiger partial charge on any atom is 0.416 e. The molecule has 1 N–H and O–H groups in total. The third-order valence-electron chi connectivity index (χ3n) is 3.17. The minimum absolute atomic E-state index is 0.336. The van der Waals surface area contributed by atoms with Gasteiger partial charge in [-0.05, 0) is 34.1 Å². The largest absolute Gasteiger partial charge is 0.465 e. The zero-order valence-corrected chi connectivity index (χ0v) is 11.9. The normalized spacial score (nSPS) is 16.4. The van der Waals surface area contributed by atoms with E-state index in [4.69, 9.17) is 5.11 Å². The standard InChI is InChI=1S/C12H12BrF3N2O2/c13-9-7-8(12(14,15)16)1-2-10(9)17-3-5-18(6-4-17)11(19)20/h1-2,7H,3-6H2,(H,19,20). The summed E-state index contributed by atoms with van der Waals surface area (Å²) in [5.74, 6) is 0. The van der Waals surface area contributed by atoms with Gasteiger partial charge in [-0.25, -0.2) is 4.79 Å². The first kappa shape index (κ1) is 15.0. The zero-order valence-electron chi connectivity index (χ0n) is 10.3. The number of hydrogen-bond donors (Lipinski definition) is 1. The van der Waals surface area contributed by atoms with Gasteiger partial charge in [0, 0.05) is 30.7 Å². The predicted octanol–water partition coefficient (Wildman–Crippen LogP) is 3.27. The van der Waals surface area contributed by atoms with Crippen LogP contribution in [0, 0.1) is 0 Å². The first-order valence-electron chi connectivity index (χ1n) is 5.88. The van der Waals surface area contributed by atoms with Crippen LogP contribution in [0.3, 0.4) is 0 Å². The molecule has 0 spiro atoms. The highest BCUT2D eigenvalue weighted by molar-refractivity contribution is 9.10. The van der Waals surface area contributed by atoms with Crippen LogP contribution in [0.2, 0.25) is 0 Å². The summed E-state index contributed by atoms with van der Waals surface area (Å²) < 4.78 is 38.1. The smallest absolute Gasteiger partial charge is 0.416 e. The fourth-order valence-corrected chi connectivity index (χ4v) is 2.71. The minimum Gasteiger partial charge on any atom is -0.465 e. The summed E-state index contributed by atoms with van der Waals surface area (Å²) in [4.78, 5) is 13.9.